The molecule has 2 heterocycles. The number of anilines is 1. The van der Waals surface area contributed by atoms with Crippen molar-refractivity contribution in [1.29, 1.82) is 5.26 Å². The van der Waals surface area contributed by atoms with Crippen LogP contribution < -0.4 is 4.72 Å². The van der Waals surface area contributed by atoms with Crippen LogP contribution in [0.3, 0.4) is 0 Å². The monoisotopic (exact) mass is 348 g/mol. The largest absolute Gasteiger partial charge is 0.358 e. The second-order valence-corrected chi connectivity index (χ2v) is 5.90. The van der Waals surface area contributed by atoms with Crippen LogP contribution in [-0.4, -0.2) is 14.3 Å². The Hall–Kier alpha value is -2.66. The van der Waals surface area contributed by atoms with E-state index in [2.05, 4.69) is 14.9 Å². The van der Waals surface area contributed by atoms with Crippen LogP contribution in [0.1, 0.15) is 30.7 Å². The highest BCUT2D eigenvalue weighted by atomic mass is 32.2. The van der Waals surface area contributed by atoms with Gasteiger partial charge < -0.3 is 9.51 Å². The van der Waals surface area contributed by atoms with E-state index in [0.29, 0.717) is 27.7 Å². The second-order valence-electron chi connectivity index (χ2n) is 4.75. The van der Waals surface area contributed by atoms with Gasteiger partial charge in [-0.15, -0.1) is 0 Å². The van der Waals surface area contributed by atoms with E-state index in [1.807, 2.05) is 19.9 Å². The molecule has 1 aromatic carbocycles. The molecule has 3 aromatic rings. The molecule has 0 amide bonds. The standard InChI is InChI=1S/C14H11FN4O2S.C2H6/c1-7-3-12(21-18-7)22(20)19-11-4-10(15)8(2)13-9(5-16)6-17-14(11)13;1-2/h3-4,6,17,19H,1-2H3;1-2H3. The number of nitrogens with one attached hydrogen (secondary N) is 2. The lowest BCUT2D eigenvalue weighted by Crippen LogP contribution is -2.05. The summed E-state index contributed by atoms with van der Waals surface area (Å²) in [6.07, 6.45) is 1.49. The number of rotatable bonds is 3. The van der Waals surface area contributed by atoms with Crippen molar-refractivity contribution in [2.75, 3.05) is 4.72 Å². The van der Waals surface area contributed by atoms with Crippen molar-refractivity contribution < 1.29 is 13.1 Å². The van der Waals surface area contributed by atoms with Crippen molar-refractivity contribution in [3.05, 3.63) is 41.0 Å². The van der Waals surface area contributed by atoms with Crippen molar-refractivity contribution in [3.8, 4) is 6.07 Å². The molecule has 8 heteroatoms. The van der Waals surface area contributed by atoms with Crippen LogP contribution >= 0.6 is 0 Å². The molecule has 1 unspecified atom stereocenters. The van der Waals surface area contributed by atoms with Crippen LogP contribution in [-0.2, 0) is 11.0 Å². The fourth-order valence-corrected chi connectivity index (χ4v) is 3.04. The van der Waals surface area contributed by atoms with Crippen molar-refractivity contribution in [1.82, 2.24) is 10.1 Å². The van der Waals surface area contributed by atoms with Gasteiger partial charge in [0.25, 0.3) is 0 Å². The summed E-state index contributed by atoms with van der Waals surface area (Å²) in [5.74, 6) is -0.489. The van der Waals surface area contributed by atoms with Gasteiger partial charge in [-0.2, -0.15) is 5.26 Å². The second kappa shape index (κ2) is 7.27. The molecule has 0 radical (unpaired) electrons. The molecule has 0 saturated carbocycles. The van der Waals surface area contributed by atoms with Gasteiger partial charge >= 0.3 is 0 Å². The number of fused-ring (bicyclic) bond motifs is 1. The number of nitrogens with zero attached hydrogens (tertiary/aromatic N) is 2. The minimum absolute atomic E-state index is 0.138. The summed E-state index contributed by atoms with van der Waals surface area (Å²) in [6.45, 7) is 7.30. The first-order valence-corrected chi connectivity index (χ1v) is 8.48. The minimum atomic E-state index is -1.73. The molecule has 0 bridgehead atoms. The number of H-pyrrole nitrogens is 1. The van der Waals surface area contributed by atoms with Gasteiger partial charge in [0, 0.05) is 23.7 Å². The number of hydrogen-bond acceptors (Lipinski definition) is 4. The number of nitriles is 1. The van der Waals surface area contributed by atoms with E-state index >= 15 is 0 Å². The predicted octanol–water partition coefficient (Wildman–Crippen LogP) is 3.94. The number of aromatic amines is 1. The highest BCUT2D eigenvalue weighted by Crippen LogP contribution is 2.31. The maximum atomic E-state index is 14.1. The number of benzene rings is 1. The van der Waals surface area contributed by atoms with Crippen LogP contribution in [0.25, 0.3) is 10.9 Å². The molecule has 2 N–H and O–H groups in total. The predicted molar refractivity (Wildman–Crippen MR) is 90.3 cm³/mol. The van der Waals surface area contributed by atoms with Gasteiger partial charge in [-0.3, -0.25) is 4.72 Å². The Labute approximate surface area is 141 Å². The third-order valence-electron chi connectivity index (χ3n) is 3.27. The average molecular weight is 348 g/mol. The summed E-state index contributed by atoms with van der Waals surface area (Å²) in [7, 11) is -1.73. The normalized spacial score (nSPS) is 11.5. The molecule has 2 aromatic heterocycles. The Balaban J connectivity index is 0.00000100. The lowest BCUT2D eigenvalue weighted by Gasteiger charge is -2.08. The molecule has 0 saturated heterocycles. The third-order valence-corrected chi connectivity index (χ3v) is 4.23. The summed E-state index contributed by atoms with van der Waals surface area (Å²) in [4.78, 5) is 2.91. The van der Waals surface area contributed by atoms with E-state index in [4.69, 9.17) is 9.78 Å². The summed E-state index contributed by atoms with van der Waals surface area (Å²) < 4.78 is 33.9. The van der Waals surface area contributed by atoms with E-state index in [0.717, 1.165) is 0 Å². The zero-order chi connectivity index (χ0) is 17.9. The molecule has 0 aliphatic heterocycles. The van der Waals surface area contributed by atoms with Crippen molar-refractivity contribution in [3.63, 3.8) is 0 Å². The van der Waals surface area contributed by atoms with Gasteiger partial charge in [-0.1, -0.05) is 19.0 Å². The highest BCUT2D eigenvalue weighted by Gasteiger charge is 2.17. The summed E-state index contributed by atoms with van der Waals surface area (Å²) in [6, 6.07) is 4.76. The van der Waals surface area contributed by atoms with Crippen molar-refractivity contribution in [2.45, 2.75) is 32.8 Å². The maximum Gasteiger partial charge on any atom is 0.243 e. The SMILES string of the molecule is CC.Cc1cc(S(=O)Nc2cc(F)c(C)c3c(C#N)c[nH]c23)on1. The zero-order valence-electron chi connectivity index (χ0n) is 13.7. The number of aryl methyl sites for hydroxylation is 2. The summed E-state index contributed by atoms with van der Waals surface area (Å²) in [5, 5.41) is 13.4. The van der Waals surface area contributed by atoms with E-state index in [1.54, 1.807) is 13.8 Å². The smallest absolute Gasteiger partial charge is 0.243 e. The van der Waals surface area contributed by atoms with Gasteiger partial charge in [0.05, 0.1) is 22.5 Å². The van der Waals surface area contributed by atoms with Crippen LogP contribution in [0, 0.1) is 31.0 Å². The molecule has 0 spiro atoms. The molecule has 3 rings (SSSR count). The van der Waals surface area contributed by atoms with Gasteiger partial charge in [-0.05, 0) is 19.4 Å². The molecule has 6 nitrogen and oxygen atoms in total. The first-order valence-electron chi connectivity index (χ1n) is 7.33. The lowest BCUT2D eigenvalue weighted by molar-refractivity contribution is 0.342. The van der Waals surface area contributed by atoms with Crippen LogP contribution in [0.15, 0.2) is 27.9 Å². The summed E-state index contributed by atoms with van der Waals surface area (Å²) >= 11 is 0. The van der Waals surface area contributed by atoms with E-state index in [9.17, 15) is 8.60 Å². The molecular weight excluding hydrogens is 331 g/mol. The Morgan fingerprint density at radius 1 is 1.38 bits per heavy atom. The van der Waals surface area contributed by atoms with Gasteiger partial charge in [0.1, 0.15) is 11.9 Å². The maximum absolute atomic E-state index is 14.1. The molecule has 0 aliphatic carbocycles. The minimum Gasteiger partial charge on any atom is -0.358 e. The van der Waals surface area contributed by atoms with Crippen LogP contribution in [0.4, 0.5) is 10.1 Å². The average Bonchev–Trinajstić information content (AvgIpc) is 3.20. The molecular formula is C16H17FN4O2S. The fourth-order valence-electron chi connectivity index (χ4n) is 2.20. The molecule has 24 heavy (non-hydrogen) atoms. The Kier molecular flexibility index (Phi) is 5.36. The van der Waals surface area contributed by atoms with Crippen LogP contribution in [0.5, 0.6) is 0 Å². The number of aromatic nitrogens is 2. The van der Waals surface area contributed by atoms with E-state index in [1.165, 1.54) is 18.3 Å². The topological polar surface area (TPSA) is 94.7 Å². The Morgan fingerprint density at radius 2 is 2.08 bits per heavy atom. The number of halogens is 1. The number of hydrogen-bond donors (Lipinski definition) is 2. The lowest BCUT2D eigenvalue weighted by atomic mass is 10.1. The third kappa shape index (κ3) is 3.16. The van der Waals surface area contributed by atoms with Gasteiger partial charge in [-0.25, -0.2) is 8.60 Å². The van der Waals surface area contributed by atoms with Crippen LogP contribution in [0.2, 0.25) is 0 Å². The van der Waals surface area contributed by atoms with Gasteiger partial charge in [0.15, 0.2) is 11.0 Å². The first kappa shape index (κ1) is 17.7. The quantitative estimate of drug-likeness (QED) is 0.749. The fraction of sp³-hybridized carbons (Fsp3) is 0.250. The van der Waals surface area contributed by atoms with E-state index < -0.39 is 16.8 Å². The summed E-state index contributed by atoms with van der Waals surface area (Å²) in [5.41, 5.74) is 2.08. The molecule has 1 atom stereocenters. The van der Waals surface area contributed by atoms with E-state index in [-0.39, 0.29) is 10.8 Å². The van der Waals surface area contributed by atoms with Crippen molar-refractivity contribution >= 4 is 27.6 Å². The Bertz CT molecular complexity index is 940. The molecule has 126 valence electrons. The zero-order valence-corrected chi connectivity index (χ0v) is 14.5. The van der Waals surface area contributed by atoms with Gasteiger partial charge in [0.2, 0.25) is 5.09 Å². The highest BCUT2D eigenvalue weighted by molar-refractivity contribution is 7.86. The molecule has 0 aliphatic rings. The first-order chi connectivity index (χ1) is 11.5. The molecule has 0 fully saturated rings. The Morgan fingerprint density at radius 3 is 2.67 bits per heavy atom. The van der Waals surface area contributed by atoms with Crippen molar-refractivity contribution in [2.24, 2.45) is 0 Å².